The van der Waals surface area contributed by atoms with Crippen LogP contribution in [0.2, 0.25) is 5.02 Å². The average molecular weight is 293 g/mol. The Morgan fingerprint density at radius 3 is 2.43 bits per heavy atom. The molecule has 3 aromatic rings. The zero-order valence-corrected chi connectivity index (χ0v) is 12.3. The summed E-state index contributed by atoms with van der Waals surface area (Å²) in [7, 11) is 1.67. The lowest BCUT2D eigenvalue weighted by Gasteiger charge is -2.02. The third kappa shape index (κ3) is 3.02. The summed E-state index contributed by atoms with van der Waals surface area (Å²) >= 11 is 6.10. The molecule has 1 nitrogen and oxygen atoms in total. The summed E-state index contributed by atoms with van der Waals surface area (Å²) in [6.45, 7) is 0. The van der Waals surface area contributed by atoms with E-state index in [1.807, 2.05) is 48.5 Å². The molecule has 0 bridgehead atoms. The van der Waals surface area contributed by atoms with E-state index in [9.17, 15) is 0 Å². The summed E-state index contributed by atoms with van der Waals surface area (Å²) in [5.74, 6) is 7.13. The van der Waals surface area contributed by atoms with Crippen molar-refractivity contribution in [2.75, 3.05) is 7.11 Å². The van der Waals surface area contributed by atoms with E-state index in [0.717, 1.165) is 27.6 Å². The Hall–Kier alpha value is -2.43. The molecule has 0 saturated heterocycles. The molecule has 0 radical (unpaired) electrons. The number of benzene rings is 3. The predicted molar refractivity (Wildman–Crippen MR) is 87.9 cm³/mol. The number of rotatable bonds is 1. The Bertz CT molecular complexity index is 856. The van der Waals surface area contributed by atoms with Gasteiger partial charge in [0.25, 0.3) is 0 Å². The van der Waals surface area contributed by atoms with Crippen LogP contribution >= 0.6 is 11.6 Å². The van der Waals surface area contributed by atoms with Crippen LogP contribution in [0.25, 0.3) is 10.8 Å². The molecular weight excluding hydrogens is 280 g/mol. The molecule has 0 spiro atoms. The Morgan fingerprint density at radius 2 is 1.62 bits per heavy atom. The summed E-state index contributed by atoms with van der Waals surface area (Å²) in [4.78, 5) is 0. The standard InChI is InChI=1S/C19H13ClO/c1-21-18-11-10-16-12-14(7-9-17(16)13-18)6-8-15-4-2-3-5-19(15)20/h2-5,7,9-13H,1H3. The number of hydrogen-bond acceptors (Lipinski definition) is 1. The molecular formula is C19H13ClO. The van der Waals surface area contributed by atoms with Crippen LogP contribution in [0.15, 0.2) is 60.7 Å². The average Bonchev–Trinajstić information content (AvgIpc) is 2.53. The first kappa shape index (κ1) is 13.5. The van der Waals surface area contributed by atoms with Gasteiger partial charge in [0.2, 0.25) is 0 Å². The van der Waals surface area contributed by atoms with E-state index in [1.165, 1.54) is 0 Å². The van der Waals surface area contributed by atoms with Gasteiger partial charge in [0.05, 0.1) is 12.1 Å². The Labute approximate surface area is 129 Å². The van der Waals surface area contributed by atoms with Gasteiger partial charge in [-0.05, 0) is 47.2 Å². The molecule has 0 heterocycles. The Kier molecular flexibility index (Phi) is 3.81. The molecule has 0 amide bonds. The van der Waals surface area contributed by atoms with Gasteiger partial charge >= 0.3 is 0 Å². The molecule has 0 aliphatic heterocycles. The summed E-state index contributed by atoms with van der Waals surface area (Å²) in [6, 6.07) is 19.7. The van der Waals surface area contributed by atoms with Gasteiger partial charge in [-0.3, -0.25) is 0 Å². The highest BCUT2D eigenvalue weighted by molar-refractivity contribution is 6.31. The first-order chi connectivity index (χ1) is 10.3. The minimum Gasteiger partial charge on any atom is -0.497 e. The normalized spacial score (nSPS) is 10.0. The predicted octanol–water partition coefficient (Wildman–Crippen LogP) is 4.90. The fourth-order valence-electron chi connectivity index (χ4n) is 2.13. The van der Waals surface area contributed by atoms with Crippen molar-refractivity contribution in [2.24, 2.45) is 0 Å². The molecule has 21 heavy (non-hydrogen) atoms. The van der Waals surface area contributed by atoms with Crippen molar-refractivity contribution >= 4 is 22.4 Å². The first-order valence-electron chi connectivity index (χ1n) is 6.60. The summed E-state index contributed by atoms with van der Waals surface area (Å²) in [6.07, 6.45) is 0. The number of hydrogen-bond donors (Lipinski definition) is 0. The van der Waals surface area contributed by atoms with Gasteiger partial charge < -0.3 is 4.74 Å². The molecule has 102 valence electrons. The fourth-order valence-corrected chi connectivity index (χ4v) is 2.31. The van der Waals surface area contributed by atoms with Crippen molar-refractivity contribution in [3.8, 4) is 17.6 Å². The highest BCUT2D eigenvalue weighted by Crippen LogP contribution is 2.21. The summed E-state index contributed by atoms with van der Waals surface area (Å²) in [5, 5.41) is 2.95. The van der Waals surface area contributed by atoms with Crippen LogP contribution in [0.5, 0.6) is 5.75 Å². The van der Waals surface area contributed by atoms with Crippen molar-refractivity contribution < 1.29 is 4.74 Å². The topological polar surface area (TPSA) is 9.23 Å². The second kappa shape index (κ2) is 5.91. The highest BCUT2D eigenvalue weighted by atomic mass is 35.5. The molecule has 0 aromatic heterocycles. The maximum absolute atomic E-state index is 6.10. The Morgan fingerprint density at radius 1 is 0.857 bits per heavy atom. The lowest BCUT2D eigenvalue weighted by molar-refractivity contribution is 0.415. The minimum atomic E-state index is 0.676. The van der Waals surface area contributed by atoms with Gasteiger partial charge in [-0.15, -0.1) is 0 Å². The lowest BCUT2D eigenvalue weighted by atomic mass is 10.1. The molecule has 3 aromatic carbocycles. The van der Waals surface area contributed by atoms with E-state index in [2.05, 4.69) is 24.0 Å². The van der Waals surface area contributed by atoms with E-state index in [0.29, 0.717) is 5.02 Å². The van der Waals surface area contributed by atoms with Gasteiger partial charge in [-0.2, -0.15) is 0 Å². The van der Waals surface area contributed by atoms with Crippen molar-refractivity contribution in [1.29, 1.82) is 0 Å². The van der Waals surface area contributed by atoms with Crippen LogP contribution in [0.1, 0.15) is 11.1 Å². The fraction of sp³-hybridized carbons (Fsp3) is 0.0526. The largest absolute Gasteiger partial charge is 0.497 e. The molecule has 0 aliphatic rings. The molecule has 0 fully saturated rings. The van der Waals surface area contributed by atoms with Gasteiger partial charge in [-0.25, -0.2) is 0 Å². The van der Waals surface area contributed by atoms with E-state index >= 15 is 0 Å². The lowest BCUT2D eigenvalue weighted by Crippen LogP contribution is -1.83. The second-order valence-corrected chi connectivity index (χ2v) is 5.06. The maximum atomic E-state index is 6.10. The van der Waals surface area contributed by atoms with Crippen LogP contribution in [0, 0.1) is 11.8 Å². The van der Waals surface area contributed by atoms with Crippen LogP contribution in [0.4, 0.5) is 0 Å². The molecule has 0 unspecified atom stereocenters. The quantitative estimate of drug-likeness (QED) is 0.580. The molecule has 3 rings (SSSR count). The smallest absolute Gasteiger partial charge is 0.119 e. The van der Waals surface area contributed by atoms with Crippen molar-refractivity contribution in [3.63, 3.8) is 0 Å². The van der Waals surface area contributed by atoms with Crippen LogP contribution in [-0.4, -0.2) is 7.11 Å². The third-order valence-corrected chi connectivity index (χ3v) is 3.59. The SMILES string of the molecule is COc1ccc2cc(C#Cc3ccccc3Cl)ccc2c1. The zero-order chi connectivity index (χ0) is 14.7. The number of fused-ring (bicyclic) bond motifs is 1. The van der Waals surface area contributed by atoms with Gasteiger partial charge in [0.1, 0.15) is 5.75 Å². The van der Waals surface area contributed by atoms with Crippen molar-refractivity contribution in [1.82, 2.24) is 0 Å². The highest BCUT2D eigenvalue weighted by Gasteiger charge is 1.98. The third-order valence-electron chi connectivity index (χ3n) is 3.26. The van der Waals surface area contributed by atoms with Crippen LogP contribution < -0.4 is 4.74 Å². The molecule has 0 saturated carbocycles. The van der Waals surface area contributed by atoms with Gasteiger partial charge in [0, 0.05) is 11.1 Å². The number of methoxy groups -OCH3 is 1. The summed E-state index contributed by atoms with van der Waals surface area (Å²) < 4.78 is 5.23. The van der Waals surface area contributed by atoms with E-state index in [4.69, 9.17) is 16.3 Å². The second-order valence-electron chi connectivity index (χ2n) is 4.66. The first-order valence-corrected chi connectivity index (χ1v) is 6.98. The van der Waals surface area contributed by atoms with Crippen LogP contribution in [0.3, 0.4) is 0 Å². The van der Waals surface area contributed by atoms with E-state index < -0.39 is 0 Å². The van der Waals surface area contributed by atoms with Crippen molar-refractivity contribution in [2.45, 2.75) is 0 Å². The Balaban J connectivity index is 1.97. The van der Waals surface area contributed by atoms with Gasteiger partial charge in [0.15, 0.2) is 0 Å². The van der Waals surface area contributed by atoms with Gasteiger partial charge in [-0.1, -0.05) is 47.7 Å². The van der Waals surface area contributed by atoms with E-state index in [1.54, 1.807) is 7.11 Å². The monoisotopic (exact) mass is 292 g/mol. The maximum Gasteiger partial charge on any atom is 0.119 e. The summed E-state index contributed by atoms with van der Waals surface area (Å²) in [5.41, 5.74) is 1.81. The minimum absolute atomic E-state index is 0.676. The molecule has 0 aliphatic carbocycles. The van der Waals surface area contributed by atoms with E-state index in [-0.39, 0.29) is 0 Å². The molecule has 0 N–H and O–H groups in total. The number of ether oxygens (including phenoxy) is 1. The van der Waals surface area contributed by atoms with Crippen LogP contribution in [-0.2, 0) is 0 Å². The van der Waals surface area contributed by atoms with Crippen molar-refractivity contribution in [3.05, 3.63) is 76.8 Å². The number of halogens is 1. The molecule has 2 heteroatoms. The zero-order valence-electron chi connectivity index (χ0n) is 11.6. The molecule has 0 atom stereocenters.